The van der Waals surface area contributed by atoms with Crippen molar-refractivity contribution in [2.24, 2.45) is 5.73 Å². The third-order valence-corrected chi connectivity index (χ3v) is 7.84. The molecule has 3 aromatic rings. The Labute approximate surface area is 180 Å². The smallest absolute Gasteiger partial charge is 0.106 e. The lowest BCUT2D eigenvalue weighted by Gasteiger charge is -2.41. The van der Waals surface area contributed by atoms with Crippen molar-refractivity contribution in [2.75, 3.05) is 13.1 Å². The second-order valence-electron chi connectivity index (χ2n) is 9.65. The molecule has 0 amide bonds. The van der Waals surface area contributed by atoms with Crippen molar-refractivity contribution >= 4 is 11.0 Å². The van der Waals surface area contributed by atoms with E-state index in [0.717, 1.165) is 24.3 Å². The number of hydrogen-bond acceptors (Lipinski definition) is 3. The summed E-state index contributed by atoms with van der Waals surface area (Å²) in [7, 11) is 0. The van der Waals surface area contributed by atoms with Crippen molar-refractivity contribution in [3.8, 4) is 0 Å². The number of nitrogens with two attached hydrogens (primary N) is 1. The van der Waals surface area contributed by atoms with Crippen LogP contribution >= 0.6 is 0 Å². The summed E-state index contributed by atoms with van der Waals surface area (Å²) in [6.45, 7) is 6.34. The molecule has 2 N–H and O–H groups in total. The van der Waals surface area contributed by atoms with Crippen LogP contribution < -0.4 is 5.73 Å². The molecule has 0 saturated carbocycles. The minimum atomic E-state index is 0.0503. The standard InChI is InChI=1S/C26H34N4/c1-19-28-24-10-6-7-11-25(24)30(19)23-16-21-12-13-22(17-23)29(21)15-14-26(2,18-27)20-8-4-3-5-9-20/h3-11,21-23H,12-18,27H2,1-2H3/t21-,22+,23+,26?. The van der Waals surface area contributed by atoms with E-state index in [0.29, 0.717) is 24.7 Å². The Morgan fingerprint density at radius 1 is 0.967 bits per heavy atom. The number of imidazole rings is 1. The van der Waals surface area contributed by atoms with Crippen LogP contribution in [0.5, 0.6) is 0 Å². The van der Waals surface area contributed by atoms with E-state index in [2.05, 4.69) is 77.9 Å². The van der Waals surface area contributed by atoms with Gasteiger partial charge in [0.05, 0.1) is 11.0 Å². The number of piperidine rings is 1. The minimum Gasteiger partial charge on any atom is -0.330 e. The quantitative estimate of drug-likeness (QED) is 0.643. The van der Waals surface area contributed by atoms with E-state index in [-0.39, 0.29) is 5.41 Å². The molecule has 1 aromatic heterocycles. The van der Waals surface area contributed by atoms with Gasteiger partial charge in [0, 0.05) is 30.1 Å². The number of hydrogen-bond donors (Lipinski definition) is 1. The normalized spacial score (nSPS) is 26.2. The predicted molar refractivity (Wildman–Crippen MR) is 124 cm³/mol. The van der Waals surface area contributed by atoms with E-state index in [1.807, 2.05) is 0 Å². The molecule has 4 heteroatoms. The second kappa shape index (κ2) is 7.82. The van der Waals surface area contributed by atoms with Crippen LogP contribution in [-0.4, -0.2) is 39.6 Å². The molecule has 158 valence electrons. The number of fused-ring (bicyclic) bond motifs is 3. The average Bonchev–Trinajstić information content (AvgIpc) is 3.23. The summed E-state index contributed by atoms with van der Waals surface area (Å²) < 4.78 is 2.52. The molecule has 2 saturated heterocycles. The van der Waals surface area contributed by atoms with Crippen molar-refractivity contribution in [1.29, 1.82) is 0 Å². The lowest BCUT2D eigenvalue weighted by Crippen LogP contribution is -2.46. The molecule has 3 heterocycles. The van der Waals surface area contributed by atoms with Crippen LogP contribution in [-0.2, 0) is 5.41 Å². The third kappa shape index (κ3) is 3.36. The first kappa shape index (κ1) is 19.8. The van der Waals surface area contributed by atoms with Gasteiger partial charge in [0.15, 0.2) is 0 Å². The van der Waals surface area contributed by atoms with Crippen LogP contribution in [0.4, 0.5) is 0 Å². The molecule has 5 rings (SSSR count). The van der Waals surface area contributed by atoms with Gasteiger partial charge in [0.25, 0.3) is 0 Å². The Hall–Kier alpha value is -2.17. The molecule has 4 atom stereocenters. The van der Waals surface area contributed by atoms with E-state index in [4.69, 9.17) is 10.7 Å². The average molecular weight is 403 g/mol. The van der Waals surface area contributed by atoms with E-state index >= 15 is 0 Å². The molecule has 30 heavy (non-hydrogen) atoms. The van der Waals surface area contributed by atoms with Crippen LogP contribution in [0.3, 0.4) is 0 Å². The molecule has 0 aliphatic carbocycles. The SMILES string of the molecule is Cc1nc2ccccc2n1[C@H]1C[C@H]2CC[C@@H](C1)N2CCC(C)(CN)c1ccccc1. The zero-order valence-electron chi connectivity index (χ0n) is 18.3. The third-order valence-electron chi connectivity index (χ3n) is 7.84. The molecule has 0 radical (unpaired) electrons. The van der Waals surface area contributed by atoms with Gasteiger partial charge in [-0.2, -0.15) is 0 Å². The van der Waals surface area contributed by atoms with Crippen LogP contribution in [0.1, 0.15) is 56.5 Å². The Bertz CT molecular complexity index is 996. The Morgan fingerprint density at radius 2 is 1.63 bits per heavy atom. The van der Waals surface area contributed by atoms with Crippen LogP contribution in [0.2, 0.25) is 0 Å². The largest absolute Gasteiger partial charge is 0.330 e. The lowest BCUT2D eigenvalue weighted by molar-refractivity contribution is 0.0987. The van der Waals surface area contributed by atoms with Crippen molar-refractivity contribution < 1.29 is 0 Å². The van der Waals surface area contributed by atoms with E-state index in [1.165, 1.54) is 36.8 Å². The zero-order valence-corrected chi connectivity index (χ0v) is 18.3. The lowest BCUT2D eigenvalue weighted by atomic mass is 9.79. The van der Waals surface area contributed by atoms with Crippen molar-refractivity contribution in [1.82, 2.24) is 14.5 Å². The maximum atomic E-state index is 6.27. The Kier molecular flexibility index (Phi) is 5.16. The van der Waals surface area contributed by atoms with Gasteiger partial charge in [-0.25, -0.2) is 4.98 Å². The fourth-order valence-corrected chi connectivity index (χ4v) is 6.03. The van der Waals surface area contributed by atoms with Crippen LogP contribution in [0.15, 0.2) is 54.6 Å². The molecule has 2 aromatic carbocycles. The molecule has 2 aliphatic rings. The summed E-state index contributed by atoms with van der Waals surface area (Å²) in [6.07, 6.45) is 6.26. The second-order valence-corrected chi connectivity index (χ2v) is 9.65. The molecule has 0 spiro atoms. The molecule has 1 unspecified atom stereocenters. The van der Waals surface area contributed by atoms with Gasteiger partial charge >= 0.3 is 0 Å². The maximum absolute atomic E-state index is 6.27. The van der Waals surface area contributed by atoms with E-state index < -0.39 is 0 Å². The highest BCUT2D eigenvalue weighted by atomic mass is 15.2. The Morgan fingerprint density at radius 3 is 2.33 bits per heavy atom. The predicted octanol–water partition coefficient (Wildman–Crippen LogP) is 4.82. The number of rotatable bonds is 6. The van der Waals surface area contributed by atoms with Gasteiger partial charge in [0.2, 0.25) is 0 Å². The molecule has 2 bridgehead atoms. The van der Waals surface area contributed by atoms with Gasteiger partial charge in [0.1, 0.15) is 5.82 Å². The van der Waals surface area contributed by atoms with Crippen molar-refractivity contribution in [2.45, 2.75) is 69.5 Å². The number of benzene rings is 2. The van der Waals surface area contributed by atoms with Gasteiger partial charge in [-0.1, -0.05) is 49.4 Å². The number of aryl methyl sites for hydroxylation is 1. The number of aromatic nitrogens is 2. The van der Waals surface area contributed by atoms with Gasteiger partial charge < -0.3 is 10.3 Å². The summed E-state index contributed by atoms with van der Waals surface area (Å²) in [5, 5.41) is 0. The summed E-state index contributed by atoms with van der Waals surface area (Å²) in [6, 6.07) is 21.4. The highest BCUT2D eigenvalue weighted by Crippen LogP contribution is 2.43. The topological polar surface area (TPSA) is 47.1 Å². The maximum Gasteiger partial charge on any atom is 0.106 e. The van der Waals surface area contributed by atoms with Crippen LogP contribution in [0, 0.1) is 6.92 Å². The van der Waals surface area contributed by atoms with E-state index in [9.17, 15) is 0 Å². The summed E-state index contributed by atoms with van der Waals surface area (Å²) in [4.78, 5) is 7.63. The number of para-hydroxylation sites is 2. The molecular formula is C26H34N4. The molecule has 2 fully saturated rings. The van der Waals surface area contributed by atoms with Gasteiger partial charge in [-0.15, -0.1) is 0 Å². The van der Waals surface area contributed by atoms with Crippen molar-refractivity contribution in [3.05, 3.63) is 66.0 Å². The fraction of sp³-hybridized carbons (Fsp3) is 0.500. The number of nitrogens with zero attached hydrogens (tertiary/aromatic N) is 3. The molecule has 4 nitrogen and oxygen atoms in total. The van der Waals surface area contributed by atoms with Crippen LogP contribution in [0.25, 0.3) is 11.0 Å². The van der Waals surface area contributed by atoms with Crippen molar-refractivity contribution in [3.63, 3.8) is 0 Å². The molecular weight excluding hydrogens is 368 g/mol. The zero-order chi connectivity index (χ0) is 20.7. The summed E-state index contributed by atoms with van der Waals surface area (Å²) in [5.74, 6) is 1.16. The monoisotopic (exact) mass is 402 g/mol. The molecule has 2 aliphatic heterocycles. The minimum absolute atomic E-state index is 0.0503. The highest BCUT2D eigenvalue weighted by molar-refractivity contribution is 5.76. The van der Waals surface area contributed by atoms with E-state index in [1.54, 1.807) is 0 Å². The first-order chi connectivity index (χ1) is 14.6. The fourth-order valence-electron chi connectivity index (χ4n) is 6.03. The summed E-state index contributed by atoms with van der Waals surface area (Å²) >= 11 is 0. The highest BCUT2D eigenvalue weighted by Gasteiger charge is 2.42. The van der Waals surface area contributed by atoms with Gasteiger partial charge in [-0.3, -0.25) is 4.90 Å². The summed E-state index contributed by atoms with van der Waals surface area (Å²) in [5.41, 5.74) is 10.1. The first-order valence-corrected chi connectivity index (χ1v) is 11.5. The van der Waals surface area contributed by atoms with Gasteiger partial charge in [-0.05, 0) is 63.3 Å². The Balaban J connectivity index is 1.32. The first-order valence-electron chi connectivity index (χ1n) is 11.5.